The Morgan fingerprint density at radius 1 is 1.11 bits per heavy atom. The number of esters is 1. The summed E-state index contributed by atoms with van der Waals surface area (Å²) < 4.78 is 32.0. The number of aromatic amines is 1. The molecule has 27 heavy (non-hydrogen) atoms. The first-order valence-corrected chi connectivity index (χ1v) is 9.90. The highest BCUT2D eigenvalue weighted by atomic mass is 32.2. The molecule has 0 aliphatic carbocycles. The largest absolute Gasteiger partial charge is 0.461 e. The molecular weight excluding hydrogens is 366 g/mol. The SMILES string of the molecule is CCOC(=O)c1[nH]c2ccccc2c1S(=O)(=O)c1ccc(C)cc1C(C)=O. The minimum absolute atomic E-state index is 0.0927. The minimum atomic E-state index is -4.16. The van der Waals surface area contributed by atoms with Crippen LogP contribution in [0.4, 0.5) is 0 Å². The number of nitrogens with one attached hydrogen (secondary N) is 1. The zero-order valence-corrected chi connectivity index (χ0v) is 16.0. The van der Waals surface area contributed by atoms with Gasteiger partial charge in [0.1, 0.15) is 10.6 Å². The number of ether oxygens (including phenoxy) is 1. The van der Waals surface area contributed by atoms with Crippen LogP contribution < -0.4 is 0 Å². The number of H-pyrrole nitrogens is 1. The molecule has 140 valence electrons. The van der Waals surface area contributed by atoms with E-state index in [1.165, 1.54) is 19.1 Å². The van der Waals surface area contributed by atoms with Crippen molar-refractivity contribution in [2.75, 3.05) is 6.61 Å². The van der Waals surface area contributed by atoms with Crippen LogP contribution in [0, 0.1) is 6.92 Å². The molecule has 3 aromatic rings. The Kier molecular flexibility index (Phi) is 4.89. The number of hydrogen-bond donors (Lipinski definition) is 1. The Hall–Kier alpha value is -2.93. The van der Waals surface area contributed by atoms with E-state index < -0.39 is 15.8 Å². The van der Waals surface area contributed by atoms with Crippen LogP contribution in [0.5, 0.6) is 0 Å². The highest BCUT2D eigenvalue weighted by molar-refractivity contribution is 7.92. The maximum atomic E-state index is 13.5. The zero-order chi connectivity index (χ0) is 19.8. The van der Waals surface area contributed by atoms with E-state index in [-0.39, 0.29) is 33.4 Å². The van der Waals surface area contributed by atoms with Crippen LogP contribution in [0.3, 0.4) is 0 Å². The molecule has 0 saturated carbocycles. The van der Waals surface area contributed by atoms with Gasteiger partial charge in [-0.25, -0.2) is 13.2 Å². The predicted octanol–water partition coefficient (Wildman–Crippen LogP) is 3.69. The number of carbonyl (C=O) groups is 2. The molecule has 0 spiro atoms. The average molecular weight is 385 g/mol. The molecule has 0 atom stereocenters. The number of hydrogen-bond acceptors (Lipinski definition) is 5. The summed E-state index contributed by atoms with van der Waals surface area (Å²) in [6.07, 6.45) is 0. The van der Waals surface area contributed by atoms with Crippen LogP contribution in [-0.4, -0.2) is 31.8 Å². The number of aryl methyl sites for hydroxylation is 1. The summed E-state index contributed by atoms with van der Waals surface area (Å²) in [6.45, 7) is 4.84. The number of ketones is 1. The van der Waals surface area contributed by atoms with Crippen LogP contribution in [0.1, 0.15) is 40.3 Å². The average Bonchev–Trinajstić information content (AvgIpc) is 3.02. The van der Waals surface area contributed by atoms with Gasteiger partial charge < -0.3 is 9.72 Å². The van der Waals surface area contributed by atoms with Crippen molar-refractivity contribution in [1.82, 2.24) is 4.98 Å². The Bertz CT molecular complexity index is 1160. The zero-order valence-electron chi connectivity index (χ0n) is 15.2. The lowest BCUT2D eigenvalue weighted by Gasteiger charge is -2.11. The molecule has 0 radical (unpaired) electrons. The van der Waals surface area contributed by atoms with Crippen molar-refractivity contribution in [3.8, 4) is 0 Å². The first kappa shape index (κ1) is 18.8. The van der Waals surface area contributed by atoms with Gasteiger partial charge in [-0.15, -0.1) is 0 Å². The van der Waals surface area contributed by atoms with Gasteiger partial charge in [0.05, 0.1) is 11.5 Å². The maximum absolute atomic E-state index is 13.5. The van der Waals surface area contributed by atoms with Gasteiger partial charge in [0.15, 0.2) is 5.78 Å². The molecule has 3 rings (SSSR count). The molecule has 0 bridgehead atoms. The third-order valence-electron chi connectivity index (χ3n) is 4.21. The molecule has 0 saturated heterocycles. The van der Waals surface area contributed by atoms with Gasteiger partial charge in [-0.2, -0.15) is 0 Å². The number of benzene rings is 2. The number of para-hydroxylation sites is 1. The lowest BCUT2D eigenvalue weighted by molar-refractivity contribution is 0.0516. The van der Waals surface area contributed by atoms with Crippen LogP contribution in [-0.2, 0) is 14.6 Å². The van der Waals surface area contributed by atoms with Crippen molar-refractivity contribution >= 4 is 32.5 Å². The van der Waals surface area contributed by atoms with Crippen LogP contribution in [0.15, 0.2) is 52.3 Å². The molecule has 0 aliphatic heterocycles. The summed E-state index contributed by atoms with van der Waals surface area (Å²) >= 11 is 0. The van der Waals surface area contributed by atoms with Crippen molar-refractivity contribution < 1.29 is 22.7 Å². The predicted molar refractivity (Wildman–Crippen MR) is 101 cm³/mol. The molecule has 6 nitrogen and oxygen atoms in total. The highest BCUT2D eigenvalue weighted by Crippen LogP contribution is 2.34. The number of rotatable bonds is 5. The van der Waals surface area contributed by atoms with Crippen LogP contribution in [0.25, 0.3) is 10.9 Å². The molecule has 0 unspecified atom stereocenters. The maximum Gasteiger partial charge on any atom is 0.356 e. The third-order valence-corrected chi connectivity index (χ3v) is 6.11. The Morgan fingerprint density at radius 3 is 2.48 bits per heavy atom. The summed E-state index contributed by atoms with van der Waals surface area (Å²) in [5, 5.41) is 0.371. The topological polar surface area (TPSA) is 93.3 Å². The van der Waals surface area contributed by atoms with Crippen molar-refractivity contribution in [3.63, 3.8) is 0 Å². The number of fused-ring (bicyclic) bond motifs is 1. The molecule has 0 fully saturated rings. The third kappa shape index (κ3) is 3.26. The lowest BCUT2D eigenvalue weighted by Crippen LogP contribution is -2.14. The fraction of sp³-hybridized carbons (Fsp3) is 0.200. The first-order chi connectivity index (χ1) is 12.8. The van der Waals surface area contributed by atoms with E-state index in [1.54, 1.807) is 44.2 Å². The molecule has 1 aromatic heterocycles. The summed E-state index contributed by atoms with van der Waals surface area (Å²) in [5.74, 6) is -1.13. The number of sulfone groups is 1. The van der Waals surface area contributed by atoms with Gasteiger partial charge in [-0.05, 0) is 39.0 Å². The molecule has 0 amide bonds. The highest BCUT2D eigenvalue weighted by Gasteiger charge is 2.32. The summed E-state index contributed by atoms with van der Waals surface area (Å²) in [4.78, 5) is 27.0. The van der Waals surface area contributed by atoms with E-state index in [0.29, 0.717) is 10.9 Å². The standard InChI is InChI=1S/C20H19NO5S/c1-4-26-20(23)18-19(14-7-5-6-8-16(14)21-18)27(24,25)17-10-9-12(2)11-15(17)13(3)22/h5-11,21H,4H2,1-3H3. The fourth-order valence-corrected chi connectivity index (χ4v) is 4.84. The van der Waals surface area contributed by atoms with Crippen molar-refractivity contribution in [2.24, 2.45) is 0 Å². The van der Waals surface area contributed by atoms with E-state index in [1.807, 2.05) is 0 Å². The number of Topliss-reactive ketones (excluding diaryl/α,β-unsaturated/α-hetero) is 1. The van der Waals surface area contributed by atoms with Crippen molar-refractivity contribution in [3.05, 3.63) is 59.3 Å². The monoisotopic (exact) mass is 385 g/mol. The van der Waals surface area contributed by atoms with E-state index in [9.17, 15) is 18.0 Å². The molecule has 7 heteroatoms. The Labute approximate surface area is 157 Å². The number of aromatic nitrogens is 1. The molecule has 1 heterocycles. The van der Waals surface area contributed by atoms with Gasteiger partial charge in [-0.3, -0.25) is 4.79 Å². The summed E-state index contributed by atoms with van der Waals surface area (Å²) in [5.41, 5.74) is 1.21. The summed E-state index contributed by atoms with van der Waals surface area (Å²) in [7, 11) is -4.16. The lowest BCUT2D eigenvalue weighted by atomic mass is 10.1. The molecule has 2 aromatic carbocycles. The van der Waals surface area contributed by atoms with E-state index in [4.69, 9.17) is 4.74 Å². The first-order valence-electron chi connectivity index (χ1n) is 8.42. The second kappa shape index (κ2) is 7.00. The Morgan fingerprint density at radius 2 is 1.81 bits per heavy atom. The van der Waals surface area contributed by atoms with E-state index in [0.717, 1.165) is 5.56 Å². The fourth-order valence-electron chi connectivity index (χ4n) is 3.01. The van der Waals surface area contributed by atoms with Crippen molar-refractivity contribution in [2.45, 2.75) is 30.6 Å². The number of carbonyl (C=O) groups excluding carboxylic acids is 2. The van der Waals surface area contributed by atoms with Crippen LogP contribution in [0.2, 0.25) is 0 Å². The molecular formula is C20H19NO5S. The second-order valence-corrected chi connectivity index (χ2v) is 8.01. The van der Waals surface area contributed by atoms with Crippen molar-refractivity contribution in [1.29, 1.82) is 0 Å². The van der Waals surface area contributed by atoms with E-state index in [2.05, 4.69) is 4.98 Å². The van der Waals surface area contributed by atoms with Gasteiger partial charge >= 0.3 is 5.97 Å². The van der Waals surface area contributed by atoms with Gasteiger partial charge in [0.2, 0.25) is 9.84 Å². The smallest absolute Gasteiger partial charge is 0.356 e. The normalized spacial score (nSPS) is 11.5. The summed E-state index contributed by atoms with van der Waals surface area (Å²) in [6, 6.07) is 11.3. The van der Waals surface area contributed by atoms with E-state index >= 15 is 0 Å². The molecule has 1 N–H and O–H groups in total. The van der Waals surface area contributed by atoms with Gasteiger partial charge in [0.25, 0.3) is 0 Å². The minimum Gasteiger partial charge on any atom is -0.461 e. The van der Waals surface area contributed by atoms with Gasteiger partial charge in [-0.1, -0.05) is 29.8 Å². The second-order valence-electron chi connectivity index (χ2n) is 6.15. The quantitative estimate of drug-likeness (QED) is 0.534. The molecule has 0 aliphatic rings. The Balaban J connectivity index is 2.36. The van der Waals surface area contributed by atoms with Crippen LogP contribution >= 0.6 is 0 Å². The van der Waals surface area contributed by atoms with Gasteiger partial charge in [0, 0.05) is 16.5 Å².